The predicted molar refractivity (Wildman–Crippen MR) is 56.2 cm³/mol. The molecule has 0 aliphatic rings. The zero-order valence-electron chi connectivity index (χ0n) is 8.77. The lowest BCUT2D eigenvalue weighted by molar-refractivity contribution is 0.339. The average Bonchev–Trinajstić information content (AvgIpc) is 2.27. The van der Waals surface area contributed by atoms with E-state index in [4.69, 9.17) is 5.84 Å². The molecule has 1 unspecified atom stereocenters. The van der Waals surface area contributed by atoms with Gasteiger partial charge in [0, 0.05) is 6.20 Å². The molecule has 0 aliphatic heterocycles. The summed E-state index contributed by atoms with van der Waals surface area (Å²) in [5, 5.41) is 0. The van der Waals surface area contributed by atoms with Crippen LogP contribution in [0.25, 0.3) is 0 Å². The van der Waals surface area contributed by atoms with Gasteiger partial charge in [0.2, 0.25) is 0 Å². The minimum atomic E-state index is 0.132. The highest BCUT2D eigenvalue weighted by atomic mass is 15.2. The number of aromatic nitrogens is 2. The first-order valence-corrected chi connectivity index (χ1v) is 5.05. The van der Waals surface area contributed by atoms with E-state index in [0.717, 1.165) is 18.5 Å². The largest absolute Gasteiger partial charge is 0.271 e. The number of rotatable bonds is 5. The molecule has 0 aliphatic carbocycles. The van der Waals surface area contributed by atoms with Gasteiger partial charge in [-0.1, -0.05) is 26.7 Å². The van der Waals surface area contributed by atoms with E-state index in [1.54, 1.807) is 12.5 Å². The molecule has 0 spiro atoms. The standard InChI is InChI=1S/C10H18N4/c1-3-8(4-2)10(14-11)9-5-6-12-7-13-9/h5-8,10,14H,3-4,11H2,1-2H3. The highest BCUT2D eigenvalue weighted by Gasteiger charge is 2.19. The van der Waals surface area contributed by atoms with E-state index in [0.29, 0.717) is 5.92 Å². The molecule has 14 heavy (non-hydrogen) atoms. The van der Waals surface area contributed by atoms with Crippen molar-refractivity contribution in [1.29, 1.82) is 0 Å². The van der Waals surface area contributed by atoms with E-state index in [-0.39, 0.29) is 6.04 Å². The van der Waals surface area contributed by atoms with Gasteiger partial charge in [0.1, 0.15) is 6.33 Å². The van der Waals surface area contributed by atoms with Crippen LogP contribution in [0.5, 0.6) is 0 Å². The molecule has 0 saturated carbocycles. The van der Waals surface area contributed by atoms with Crippen LogP contribution >= 0.6 is 0 Å². The lowest BCUT2D eigenvalue weighted by Gasteiger charge is -2.23. The van der Waals surface area contributed by atoms with E-state index in [1.807, 2.05) is 6.07 Å². The Labute approximate surface area is 84.9 Å². The summed E-state index contributed by atoms with van der Waals surface area (Å²) in [6, 6.07) is 2.04. The van der Waals surface area contributed by atoms with Gasteiger partial charge in [-0.05, 0) is 12.0 Å². The first-order chi connectivity index (χ1) is 6.83. The summed E-state index contributed by atoms with van der Waals surface area (Å²) in [5.74, 6) is 6.07. The number of hydrazine groups is 1. The van der Waals surface area contributed by atoms with Gasteiger partial charge < -0.3 is 0 Å². The quantitative estimate of drug-likeness (QED) is 0.549. The lowest BCUT2D eigenvalue weighted by Crippen LogP contribution is -2.33. The fourth-order valence-electron chi connectivity index (χ4n) is 1.71. The van der Waals surface area contributed by atoms with Crippen LogP contribution in [0.2, 0.25) is 0 Å². The summed E-state index contributed by atoms with van der Waals surface area (Å²) in [6.45, 7) is 4.33. The first-order valence-electron chi connectivity index (χ1n) is 5.05. The highest BCUT2D eigenvalue weighted by molar-refractivity contribution is 5.05. The van der Waals surface area contributed by atoms with Crippen LogP contribution in [0.1, 0.15) is 38.4 Å². The number of nitrogens with zero attached hydrogens (tertiary/aromatic N) is 2. The molecule has 1 heterocycles. The van der Waals surface area contributed by atoms with Crippen molar-refractivity contribution in [2.75, 3.05) is 0 Å². The molecule has 0 aromatic carbocycles. The second-order valence-electron chi connectivity index (χ2n) is 3.36. The Bertz CT molecular complexity index is 246. The first kappa shape index (κ1) is 11.1. The maximum Gasteiger partial charge on any atom is 0.115 e. The monoisotopic (exact) mass is 194 g/mol. The third-order valence-electron chi connectivity index (χ3n) is 2.62. The molecular formula is C10H18N4. The van der Waals surface area contributed by atoms with Gasteiger partial charge in [-0.3, -0.25) is 11.3 Å². The van der Waals surface area contributed by atoms with Gasteiger partial charge in [-0.25, -0.2) is 9.97 Å². The Hall–Kier alpha value is -1.00. The van der Waals surface area contributed by atoms with Gasteiger partial charge in [-0.15, -0.1) is 0 Å². The second kappa shape index (κ2) is 5.67. The van der Waals surface area contributed by atoms with Gasteiger partial charge in [0.05, 0.1) is 11.7 Å². The van der Waals surface area contributed by atoms with E-state index in [9.17, 15) is 0 Å². The topological polar surface area (TPSA) is 63.8 Å². The Morgan fingerprint density at radius 3 is 2.57 bits per heavy atom. The van der Waals surface area contributed by atoms with Gasteiger partial charge in [0.25, 0.3) is 0 Å². The van der Waals surface area contributed by atoms with Crippen molar-refractivity contribution in [2.45, 2.75) is 32.7 Å². The summed E-state index contributed by atoms with van der Waals surface area (Å²) < 4.78 is 0. The summed E-state index contributed by atoms with van der Waals surface area (Å²) in [6.07, 6.45) is 5.49. The van der Waals surface area contributed by atoms with Crippen LogP contribution in [0, 0.1) is 5.92 Å². The maximum absolute atomic E-state index is 5.55. The predicted octanol–water partition coefficient (Wildman–Crippen LogP) is 1.42. The van der Waals surface area contributed by atoms with Crippen molar-refractivity contribution in [1.82, 2.24) is 15.4 Å². The Morgan fingerprint density at radius 1 is 1.43 bits per heavy atom. The fourth-order valence-corrected chi connectivity index (χ4v) is 1.71. The smallest absolute Gasteiger partial charge is 0.115 e. The molecule has 1 rings (SSSR count). The summed E-state index contributed by atoms with van der Waals surface area (Å²) in [4.78, 5) is 8.11. The van der Waals surface area contributed by atoms with E-state index in [2.05, 4.69) is 29.2 Å². The Morgan fingerprint density at radius 2 is 2.14 bits per heavy atom. The molecular weight excluding hydrogens is 176 g/mol. The number of hydrogen-bond donors (Lipinski definition) is 2. The summed E-state index contributed by atoms with van der Waals surface area (Å²) >= 11 is 0. The van der Waals surface area contributed by atoms with Gasteiger partial charge in [-0.2, -0.15) is 0 Å². The molecule has 0 saturated heterocycles. The molecule has 0 amide bonds. The lowest BCUT2D eigenvalue weighted by atomic mass is 9.92. The van der Waals surface area contributed by atoms with Crippen molar-refractivity contribution in [2.24, 2.45) is 11.8 Å². The number of nitrogens with one attached hydrogen (secondary N) is 1. The molecule has 1 atom stereocenters. The van der Waals surface area contributed by atoms with Crippen LogP contribution in [-0.4, -0.2) is 9.97 Å². The third-order valence-corrected chi connectivity index (χ3v) is 2.62. The molecule has 1 aromatic rings. The molecule has 1 aromatic heterocycles. The average molecular weight is 194 g/mol. The van der Waals surface area contributed by atoms with Crippen LogP contribution in [0.15, 0.2) is 18.6 Å². The molecule has 4 heteroatoms. The fraction of sp³-hybridized carbons (Fsp3) is 0.600. The van der Waals surface area contributed by atoms with Crippen molar-refractivity contribution in [3.63, 3.8) is 0 Å². The van der Waals surface area contributed by atoms with Crippen LogP contribution < -0.4 is 11.3 Å². The molecule has 4 nitrogen and oxygen atoms in total. The minimum Gasteiger partial charge on any atom is -0.271 e. The van der Waals surface area contributed by atoms with Crippen LogP contribution in [0.4, 0.5) is 0 Å². The molecule has 0 fully saturated rings. The van der Waals surface area contributed by atoms with Gasteiger partial charge in [0.15, 0.2) is 0 Å². The summed E-state index contributed by atoms with van der Waals surface area (Å²) in [7, 11) is 0. The van der Waals surface area contributed by atoms with E-state index < -0.39 is 0 Å². The van der Waals surface area contributed by atoms with Crippen molar-refractivity contribution >= 4 is 0 Å². The van der Waals surface area contributed by atoms with Crippen molar-refractivity contribution in [3.05, 3.63) is 24.3 Å². The minimum absolute atomic E-state index is 0.132. The molecule has 3 N–H and O–H groups in total. The van der Waals surface area contributed by atoms with Crippen LogP contribution in [0.3, 0.4) is 0 Å². The highest BCUT2D eigenvalue weighted by Crippen LogP contribution is 2.24. The van der Waals surface area contributed by atoms with Crippen LogP contribution in [-0.2, 0) is 0 Å². The Kier molecular flexibility index (Phi) is 4.49. The normalized spacial score (nSPS) is 13.1. The molecule has 0 radical (unpaired) electrons. The second-order valence-corrected chi connectivity index (χ2v) is 3.36. The van der Waals surface area contributed by atoms with E-state index in [1.165, 1.54) is 0 Å². The third kappa shape index (κ3) is 2.49. The van der Waals surface area contributed by atoms with Crippen molar-refractivity contribution < 1.29 is 0 Å². The summed E-state index contributed by atoms with van der Waals surface area (Å²) in [5.41, 5.74) is 3.80. The maximum atomic E-state index is 5.55. The zero-order valence-corrected chi connectivity index (χ0v) is 8.77. The number of nitrogens with two attached hydrogens (primary N) is 1. The van der Waals surface area contributed by atoms with E-state index >= 15 is 0 Å². The van der Waals surface area contributed by atoms with Gasteiger partial charge >= 0.3 is 0 Å². The molecule has 0 bridgehead atoms. The molecule has 78 valence electrons. The SMILES string of the molecule is CCC(CC)C(NN)c1ccncn1. The Balaban J connectivity index is 2.81. The van der Waals surface area contributed by atoms with Crippen molar-refractivity contribution in [3.8, 4) is 0 Å². The zero-order chi connectivity index (χ0) is 10.4. The number of hydrogen-bond acceptors (Lipinski definition) is 4.